The molecule has 0 aromatic rings. The number of aliphatic carboxylic acids is 1. The van der Waals surface area contributed by atoms with Gasteiger partial charge in [0.15, 0.2) is 0 Å². The zero-order valence-electron chi connectivity index (χ0n) is 8.35. The number of carbonyl (C=O) groups is 1. The van der Waals surface area contributed by atoms with Gasteiger partial charge >= 0.3 is 5.97 Å². The average Bonchev–Trinajstić information content (AvgIpc) is 1.81. The summed E-state index contributed by atoms with van der Waals surface area (Å²) in [6.07, 6.45) is 0.896. The van der Waals surface area contributed by atoms with Crippen LogP contribution in [-0.2, 0) is 4.79 Å². The summed E-state index contributed by atoms with van der Waals surface area (Å²) >= 11 is 0. The first-order chi connectivity index (χ1) is 5.33. The van der Waals surface area contributed by atoms with Gasteiger partial charge in [0.2, 0.25) is 0 Å². The Morgan fingerprint density at radius 3 is 2.33 bits per heavy atom. The second-order valence-corrected chi connectivity index (χ2v) is 4.08. The van der Waals surface area contributed by atoms with Gasteiger partial charge in [0.25, 0.3) is 0 Å². The summed E-state index contributed by atoms with van der Waals surface area (Å²) in [5.74, 6) is -0.728. The van der Waals surface area contributed by atoms with E-state index in [2.05, 4.69) is 19.2 Å². The van der Waals surface area contributed by atoms with Crippen molar-refractivity contribution in [1.29, 1.82) is 0 Å². The normalized spacial score (nSPS) is 12.1. The molecule has 0 bridgehead atoms. The number of hydrogen-bond acceptors (Lipinski definition) is 2. The van der Waals surface area contributed by atoms with E-state index in [-0.39, 0.29) is 12.0 Å². The van der Waals surface area contributed by atoms with Gasteiger partial charge in [-0.15, -0.1) is 0 Å². The van der Waals surface area contributed by atoms with Crippen molar-refractivity contribution in [3.05, 3.63) is 0 Å². The average molecular weight is 173 g/mol. The predicted octanol–water partition coefficient (Wildman–Crippen LogP) is 1.63. The third-order valence-corrected chi connectivity index (χ3v) is 1.64. The van der Waals surface area contributed by atoms with Crippen LogP contribution in [0.25, 0.3) is 0 Å². The van der Waals surface area contributed by atoms with Crippen molar-refractivity contribution in [2.45, 2.75) is 52.1 Å². The van der Waals surface area contributed by atoms with E-state index in [1.165, 1.54) is 0 Å². The molecule has 0 aromatic heterocycles. The Kier molecular flexibility index (Phi) is 4.24. The number of carboxylic acid groups (broad SMARTS) is 1. The van der Waals surface area contributed by atoms with E-state index in [4.69, 9.17) is 5.11 Å². The van der Waals surface area contributed by atoms with E-state index in [0.717, 1.165) is 0 Å². The zero-order chi connectivity index (χ0) is 9.78. The molecule has 0 rings (SSSR count). The molecule has 0 heterocycles. The van der Waals surface area contributed by atoms with E-state index in [1.807, 2.05) is 13.8 Å². The fourth-order valence-corrected chi connectivity index (χ4v) is 1.27. The maximum Gasteiger partial charge on any atom is 0.303 e. The lowest BCUT2D eigenvalue weighted by Crippen LogP contribution is -2.43. The SMILES string of the molecule is CC(C)NC(C)(C)CCC(=O)O. The summed E-state index contributed by atoms with van der Waals surface area (Å²) in [4.78, 5) is 10.3. The van der Waals surface area contributed by atoms with Crippen LogP contribution in [0.15, 0.2) is 0 Å². The van der Waals surface area contributed by atoms with Gasteiger partial charge in [-0.3, -0.25) is 4.79 Å². The fraction of sp³-hybridized carbons (Fsp3) is 0.889. The Bertz CT molecular complexity index is 153. The van der Waals surface area contributed by atoms with Crippen LogP contribution in [0.2, 0.25) is 0 Å². The lowest BCUT2D eigenvalue weighted by Gasteiger charge is -2.28. The molecule has 0 saturated carbocycles. The molecule has 0 aliphatic rings. The molecule has 0 spiro atoms. The molecule has 0 amide bonds. The number of rotatable bonds is 5. The largest absolute Gasteiger partial charge is 0.481 e. The standard InChI is InChI=1S/C9H19NO2/c1-7(2)10-9(3,4)6-5-8(11)12/h7,10H,5-6H2,1-4H3,(H,11,12). The highest BCUT2D eigenvalue weighted by atomic mass is 16.4. The van der Waals surface area contributed by atoms with Crippen molar-refractivity contribution in [3.63, 3.8) is 0 Å². The van der Waals surface area contributed by atoms with Gasteiger partial charge in [-0.25, -0.2) is 0 Å². The van der Waals surface area contributed by atoms with Crippen LogP contribution >= 0.6 is 0 Å². The topological polar surface area (TPSA) is 49.3 Å². The third-order valence-electron chi connectivity index (χ3n) is 1.64. The molecule has 0 aliphatic carbocycles. The van der Waals surface area contributed by atoms with Crippen molar-refractivity contribution in [2.24, 2.45) is 0 Å². The fourth-order valence-electron chi connectivity index (χ4n) is 1.27. The second-order valence-electron chi connectivity index (χ2n) is 4.08. The molecule has 12 heavy (non-hydrogen) atoms. The lowest BCUT2D eigenvalue weighted by molar-refractivity contribution is -0.137. The first-order valence-corrected chi connectivity index (χ1v) is 4.33. The Morgan fingerprint density at radius 2 is 2.00 bits per heavy atom. The molecule has 3 nitrogen and oxygen atoms in total. The molecule has 0 saturated heterocycles. The molecule has 0 aromatic carbocycles. The highest BCUT2D eigenvalue weighted by Crippen LogP contribution is 2.11. The van der Waals surface area contributed by atoms with Crippen LogP contribution in [0.3, 0.4) is 0 Å². The highest BCUT2D eigenvalue weighted by Gasteiger charge is 2.18. The Hall–Kier alpha value is -0.570. The first-order valence-electron chi connectivity index (χ1n) is 4.33. The molecule has 2 N–H and O–H groups in total. The second kappa shape index (κ2) is 4.45. The van der Waals surface area contributed by atoms with E-state index in [1.54, 1.807) is 0 Å². The molecule has 0 unspecified atom stereocenters. The van der Waals surface area contributed by atoms with Crippen LogP contribution in [0.4, 0.5) is 0 Å². The summed E-state index contributed by atoms with van der Waals surface area (Å²) in [7, 11) is 0. The Labute approximate surface area is 74.2 Å². The lowest BCUT2D eigenvalue weighted by atomic mass is 9.97. The van der Waals surface area contributed by atoms with Gasteiger partial charge in [-0.1, -0.05) is 13.8 Å². The van der Waals surface area contributed by atoms with Crippen molar-refractivity contribution in [1.82, 2.24) is 5.32 Å². The molecule has 72 valence electrons. The molecular formula is C9H19NO2. The van der Waals surface area contributed by atoms with Crippen LogP contribution in [0.1, 0.15) is 40.5 Å². The quantitative estimate of drug-likeness (QED) is 0.664. The molecule has 0 fully saturated rings. The minimum atomic E-state index is -0.728. The maximum atomic E-state index is 10.3. The number of nitrogens with one attached hydrogen (secondary N) is 1. The van der Waals surface area contributed by atoms with Crippen LogP contribution < -0.4 is 5.32 Å². The van der Waals surface area contributed by atoms with E-state index in [0.29, 0.717) is 12.5 Å². The van der Waals surface area contributed by atoms with Crippen molar-refractivity contribution >= 4 is 5.97 Å². The zero-order valence-corrected chi connectivity index (χ0v) is 8.35. The third kappa shape index (κ3) is 6.16. The summed E-state index contributed by atoms with van der Waals surface area (Å²) in [6.45, 7) is 8.16. The van der Waals surface area contributed by atoms with Crippen molar-refractivity contribution in [2.75, 3.05) is 0 Å². The van der Waals surface area contributed by atoms with Crippen LogP contribution in [0.5, 0.6) is 0 Å². The number of hydrogen-bond donors (Lipinski definition) is 2. The summed E-state index contributed by atoms with van der Waals surface area (Å²) in [5, 5.41) is 11.8. The van der Waals surface area contributed by atoms with Gasteiger partial charge < -0.3 is 10.4 Å². The first kappa shape index (κ1) is 11.4. The van der Waals surface area contributed by atoms with Crippen molar-refractivity contribution < 1.29 is 9.90 Å². The smallest absolute Gasteiger partial charge is 0.303 e. The van der Waals surface area contributed by atoms with Crippen LogP contribution in [0, 0.1) is 0 Å². The molecular weight excluding hydrogens is 154 g/mol. The predicted molar refractivity (Wildman–Crippen MR) is 49.2 cm³/mol. The molecule has 0 aliphatic heterocycles. The number of carboxylic acids is 1. The van der Waals surface area contributed by atoms with E-state index < -0.39 is 5.97 Å². The molecule has 0 atom stereocenters. The maximum absolute atomic E-state index is 10.3. The van der Waals surface area contributed by atoms with Gasteiger partial charge in [0.05, 0.1) is 0 Å². The minimum Gasteiger partial charge on any atom is -0.481 e. The van der Waals surface area contributed by atoms with Gasteiger partial charge in [-0.05, 0) is 20.3 Å². The Morgan fingerprint density at radius 1 is 1.50 bits per heavy atom. The molecule has 3 heteroatoms. The molecule has 0 radical (unpaired) electrons. The summed E-state index contributed by atoms with van der Waals surface area (Å²) in [5.41, 5.74) is -0.0768. The van der Waals surface area contributed by atoms with E-state index >= 15 is 0 Å². The Balaban J connectivity index is 3.78. The monoisotopic (exact) mass is 173 g/mol. The van der Waals surface area contributed by atoms with Gasteiger partial charge in [-0.2, -0.15) is 0 Å². The summed E-state index contributed by atoms with van der Waals surface area (Å²) in [6, 6.07) is 0.397. The van der Waals surface area contributed by atoms with Crippen LogP contribution in [-0.4, -0.2) is 22.7 Å². The highest BCUT2D eigenvalue weighted by molar-refractivity contribution is 5.66. The van der Waals surface area contributed by atoms with Crippen molar-refractivity contribution in [3.8, 4) is 0 Å². The van der Waals surface area contributed by atoms with Gasteiger partial charge in [0.1, 0.15) is 0 Å². The minimum absolute atomic E-state index is 0.0768. The van der Waals surface area contributed by atoms with Gasteiger partial charge in [0, 0.05) is 18.0 Å². The summed E-state index contributed by atoms with van der Waals surface area (Å²) < 4.78 is 0. The van der Waals surface area contributed by atoms with E-state index in [9.17, 15) is 4.79 Å².